The molecule has 0 aliphatic heterocycles. The Morgan fingerprint density at radius 1 is 1.33 bits per heavy atom. The van der Waals surface area contributed by atoms with Gasteiger partial charge in [-0.25, -0.2) is 0 Å². The summed E-state index contributed by atoms with van der Waals surface area (Å²) in [5, 5.41) is 8.25. The Hall–Kier alpha value is -1.90. The van der Waals surface area contributed by atoms with E-state index in [1.807, 2.05) is 0 Å². The van der Waals surface area contributed by atoms with Gasteiger partial charge in [-0.2, -0.15) is 13.2 Å². The van der Waals surface area contributed by atoms with Crippen molar-refractivity contribution in [3.05, 3.63) is 29.8 Å². The molecule has 21 heavy (non-hydrogen) atoms. The van der Waals surface area contributed by atoms with E-state index >= 15 is 0 Å². The van der Waals surface area contributed by atoms with Crippen LogP contribution in [-0.4, -0.2) is 27.5 Å². The van der Waals surface area contributed by atoms with Gasteiger partial charge in [0.15, 0.2) is 11.8 Å². The Morgan fingerprint density at radius 3 is 2.71 bits per heavy atom. The van der Waals surface area contributed by atoms with Crippen molar-refractivity contribution in [2.45, 2.75) is 17.1 Å². The van der Waals surface area contributed by atoms with Gasteiger partial charge in [0.25, 0.3) is 0 Å². The van der Waals surface area contributed by atoms with E-state index in [9.17, 15) is 13.2 Å². The van der Waals surface area contributed by atoms with Crippen LogP contribution in [0.25, 0.3) is 0 Å². The standard InChI is InChI=1S/C12H13F3N4OS/c1-19-10(16)17-18-11(19)21-6-8-3-2-4-9(5-8)20-7-12(13,14)15/h2-5H,6-7H2,1H3,(H2,16,17). The lowest BCUT2D eigenvalue weighted by atomic mass is 10.2. The first-order valence-electron chi connectivity index (χ1n) is 5.91. The van der Waals surface area contributed by atoms with Crippen molar-refractivity contribution in [3.8, 4) is 5.75 Å². The molecule has 0 spiro atoms. The summed E-state index contributed by atoms with van der Waals surface area (Å²) in [6.07, 6.45) is -4.35. The van der Waals surface area contributed by atoms with Crippen molar-refractivity contribution >= 4 is 17.7 Å². The molecule has 0 fully saturated rings. The number of aromatic nitrogens is 3. The lowest BCUT2D eigenvalue weighted by molar-refractivity contribution is -0.153. The van der Waals surface area contributed by atoms with Crippen LogP contribution in [0.5, 0.6) is 5.75 Å². The fourth-order valence-corrected chi connectivity index (χ4v) is 2.35. The average molecular weight is 318 g/mol. The van der Waals surface area contributed by atoms with E-state index in [1.54, 1.807) is 29.8 Å². The van der Waals surface area contributed by atoms with Gasteiger partial charge in [0, 0.05) is 12.8 Å². The highest BCUT2D eigenvalue weighted by Gasteiger charge is 2.28. The highest BCUT2D eigenvalue weighted by molar-refractivity contribution is 7.98. The minimum atomic E-state index is -4.35. The molecule has 1 heterocycles. The minimum Gasteiger partial charge on any atom is -0.484 e. The first-order chi connectivity index (χ1) is 9.85. The van der Waals surface area contributed by atoms with Crippen molar-refractivity contribution in [2.24, 2.45) is 7.05 Å². The Bertz CT molecular complexity index is 615. The summed E-state index contributed by atoms with van der Waals surface area (Å²) in [4.78, 5) is 0. The Balaban J connectivity index is 1.96. The summed E-state index contributed by atoms with van der Waals surface area (Å²) in [5.74, 6) is 1.01. The second-order valence-electron chi connectivity index (χ2n) is 4.24. The number of hydrogen-bond donors (Lipinski definition) is 1. The molecule has 2 N–H and O–H groups in total. The molecule has 1 aromatic carbocycles. The number of ether oxygens (including phenoxy) is 1. The molecule has 0 aliphatic carbocycles. The van der Waals surface area contributed by atoms with Crippen molar-refractivity contribution in [1.82, 2.24) is 14.8 Å². The van der Waals surface area contributed by atoms with Crippen molar-refractivity contribution in [1.29, 1.82) is 0 Å². The van der Waals surface area contributed by atoms with E-state index in [0.717, 1.165) is 5.56 Å². The number of rotatable bonds is 5. The fourth-order valence-electron chi connectivity index (χ4n) is 1.49. The van der Waals surface area contributed by atoms with Crippen molar-refractivity contribution in [3.63, 3.8) is 0 Å². The maximum Gasteiger partial charge on any atom is 0.422 e. The first-order valence-corrected chi connectivity index (χ1v) is 6.90. The van der Waals surface area contributed by atoms with Gasteiger partial charge in [0.05, 0.1) is 0 Å². The Morgan fingerprint density at radius 2 is 2.10 bits per heavy atom. The lowest BCUT2D eigenvalue weighted by Gasteiger charge is -2.10. The maximum absolute atomic E-state index is 12.1. The van der Waals surface area contributed by atoms with Crippen LogP contribution in [0.2, 0.25) is 0 Å². The van der Waals surface area contributed by atoms with Crippen molar-refractivity contribution < 1.29 is 17.9 Å². The molecular weight excluding hydrogens is 305 g/mol. The van der Waals surface area contributed by atoms with E-state index in [4.69, 9.17) is 10.5 Å². The third-order valence-electron chi connectivity index (χ3n) is 2.54. The quantitative estimate of drug-likeness (QED) is 0.859. The normalized spacial score (nSPS) is 11.6. The second-order valence-corrected chi connectivity index (χ2v) is 5.18. The predicted octanol–water partition coefficient (Wildman–Crippen LogP) is 2.63. The highest BCUT2D eigenvalue weighted by atomic mass is 32.2. The monoisotopic (exact) mass is 318 g/mol. The van der Waals surface area contributed by atoms with Gasteiger partial charge in [-0.3, -0.25) is 4.57 Å². The zero-order chi connectivity index (χ0) is 15.5. The zero-order valence-electron chi connectivity index (χ0n) is 11.1. The van der Waals surface area contributed by atoms with Crippen LogP contribution in [0.4, 0.5) is 19.1 Å². The minimum absolute atomic E-state index is 0.183. The van der Waals surface area contributed by atoms with E-state index in [2.05, 4.69) is 10.2 Å². The third kappa shape index (κ3) is 4.55. The van der Waals surface area contributed by atoms with Crippen LogP contribution in [0.1, 0.15) is 5.56 Å². The molecular formula is C12H13F3N4OS. The smallest absolute Gasteiger partial charge is 0.422 e. The summed E-state index contributed by atoms with van der Waals surface area (Å²) in [7, 11) is 1.74. The number of anilines is 1. The molecule has 0 bridgehead atoms. The van der Waals surface area contributed by atoms with Gasteiger partial charge in [0.1, 0.15) is 5.75 Å². The molecule has 2 aromatic rings. The van der Waals surface area contributed by atoms with Crippen LogP contribution in [0.15, 0.2) is 29.4 Å². The van der Waals surface area contributed by atoms with Gasteiger partial charge >= 0.3 is 6.18 Å². The number of halogens is 3. The van der Waals surface area contributed by atoms with Crippen LogP contribution in [-0.2, 0) is 12.8 Å². The molecule has 0 unspecified atom stereocenters. The number of hydrogen-bond acceptors (Lipinski definition) is 5. The Kier molecular flexibility index (Phi) is 4.61. The number of thioether (sulfide) groups is 1. The molecule has 0 atom stereocenters. The largest absolute Gasteiger partial charge is 0.484 e. The maximum atomic E-state index is 12.1. The fraction of sp³-hybridized carbons (Fsp3) is 0.333. The van der Waals surface area contributed by atoms with Crippen LogP contribution < -0.4 is 10.5 Å². The number of alkyl halides is 3. The van der Waals surface area contributed by atoms with Gasteiger partial charge in [0.2, 0.25) is 5.95 Å². The molecule has 0 saturated carbocycles. The molecule has 0 amide bonds. The van der Waals surface area contributed by atoms with Crippen LogP contribution in [0, 0.1) is 0 Å². The topological polar surface area (TPSA) is 66.0 Å². The lowest BCUT2D eigenvalue weighted by Crippen LogP contribution is -2.19. The predicted molar refractivity (Wildman–Crippen MR) is 73.0 cm³/mol. The molecule has 0 saturated heterocycles. The molecule has 2 rings (SSSR count). The van der Waals surface area contributed by atoms with E-state index < -0.39 is 12.8 Å². The van der Waals surface area contributed by atoms with Crippen LogP contribution >= 0.6 is 11.8 Å². The zero-order valence-corrected chi connectivity index (χ0v) is 11.9. The van der Waals surface area contributed by atoms with Gasteiger partial charge < -0.3 is 10.5 Å². The number of nitrogen functional groups attached to an aromatic ring is 1. The molecule has 5 nitrogen and oxygen atoms in total. The summed E-state index contributed by atoms with van der Waals surface area (Å²) < 4.78 is 42.6. The van der Waals surface area contributed by atoms with Gasteiger partial charge in [-0.05, 0) is 17.7 Å². The SMILES string of the molecule is Cn1c(N)nnc1SCc1cccc(OCC(F)(F)F)c1. The van der Waals surface area contributed by atoms with E-state index in [-0.39, 0.29) is 5.75 Å². The number of benzene rings is 1. The molecule has 9 heteroatoms. The average Bonchev–Trinajstić information content (AvgIpc) is 2.74. The molecule has 114 valence electrons. The summed E-state index contributed by atoms with van der Waals surface area (Å²) in [6, 6.07) is 6.50. The molecule has 0 radical (unpaired) electrons. The van der Waals surface area contributed by atoms with Crippen molar-refractivity contribution in [2.75, 3.05) is 12.3 Å². The third-order valence-corrected chi connectivity index (χ3v) is 3.63. The summed E-state index contributed by atoms with van der Waals surface area (Å²) in [6.45, 7) is -1.30. The van der Waals surface area contributed by atoms with Crippen LogP contribution in [0.3, 0.4) is 0 Å². The van der Waals surface area contributed by atoms with Gasteiger partial charge in [-0.15, -0.1) is 10.2 Å². The van der Waals surface area contributed by atoms with E-state index in [0.29, 0.717) is 16.9 Å². The summed E-state index contributed by atoms with van der Waals surface area (Å²) in [5.41, 5.74) is 6.38. The highest BCUT2D eigenvalue weighted by Crippen LogP contribution is 2.24. The number of nitrogens with zero attached hydrogens (tertiary/aromatic N) is 3. The first kappa shape index (κ1) is 15.5. The molecule has 1 aromatic heterocycles. The van der Waals surface area contributed by atoms with Gasteiger partial charge in [-0.1, -0.05) is 23.9 Å². The van der Waals surface area contributed by atoms with E-state index in [1.165, 1.54) is 17.8 Å². The molecule has 0 aliphatic rings. The second kappa shape index (κ2) is 6.25. The Labute approximate surface area is 123 Å². The summed E-state index contributed by atoms with van der Waals surface area (Å²) >= 11 is 1.38. The number of nitrogens with two attached hydrogens (primary N) is 1.